The maximum atomic E-state index is 12.0. The highest BCUT2D eigenvalue weighted by molar-refractivity contribution is 9.10. The van der Waals surface area contributed by atoms with E-state index in [9.17, 15) is 4.79 Å². The molecule has 1 aromatic carbocycles. The van der Waals surface area contributed by atoms with E-state index in [0.717, 1.165) is 15.4 Å². The van der Waals surface area contributed by atoms with E-state index in [2.05, 4.69) is 36.4 Å². The van der Waals surface area contributed by atoms with Gasteiger partial charge in [-0.3, -0.25) is 9.78 Å². The normalized spacial score (nSPS) is 11.0. The van der Waals surface area contributed by atoms with E-state index >= 15 is 0 Å². The molecule has 0 fully saturated rings. The van der Waals surface area contributed by atoms with Crippen molar-refractivity contribution in [2.24, 2.45) is 5.10 Å². The molecule has 7 heteroatoms. The monoisotopic (exact) mass is 388 g/mol. The molecule has 0 aliphatic carbocycles. The highest BCUT2D eigenvalue weighted by Gasteiger charge is 2.06. The van der Waals surface area contributed by atoms with Crippen molar-refractivity contribution in [3.05, 3.63) is 69.5 Å². The molecule has 0 aliphatic heterocycles. The Balaban J connectivity index is 1.78. The molecule has 0 aliphatic rings. The molecule has 2 aromatic heterocycles. The summed E-state index contributed by atoms with van der Waals surface area (Å²) in [6, 6.07) is 11.1. The van der Waals surface area contributed by atoms with E-state index in [1.165, 1.54) is 12.4 Å². The Morgan fingerprint density at radius 3 is 2.91 bits per heavy atom. The lowest BCUT2D eigenvalue weighted by molar-refractivity contribution is 0.0954. The molecule has 0 saturated carbocycles. The number of halogens is 2. The summed E-state index contributed by atoms with van der Waals surface area (Å²) in [5.74, 6) is -0.361. The molecule has 0 saturated heterocycles. The summed E-state index contributed by atoms with van der Waals surface area (Å²) in [7, 11) is 0. The summed E-state index contributed by atoms with van der Waals surface area (Å²) in [4.78, 5) is 20.2. The third-order valence-corrected chi connectivity index (χ3v) is 3.78. The smallest absolute Gasteiger partial charge is 0.267 e. The van der Waals surface area contributed by atoms with Crippen molar-refractivity contribution in [1.82, 2.24) is 15.4 Å². The van der Waals surface area contributed by atoms with E-state index in [1.807, 2.05) is 30.3 Å². The van der Waals surface area contributed by atoms with Crippen LogP contribution in [0, 0.1) is 0 Å². The lowest BCUT2D eigenvalue weighted by Gasteiger charge is -2.02. The second-order valence-corrected chi connectivity index (χ2v) is 5.93. The molecule has 1 N–H and O–H groups in total. The van der Waals surface area contributed by atoms with Gasteiger partial charge in [0.05, 0.1) is 17.3 Å². The highest BCUT2D eigenvalue weighted by Crippen LogP contribution is 2.18. The first-order chi connectivity index (χ1) is 11.1. The summed E-state index contributed by atoms with van der Waals surface area (Å²) >= 11 is 9.39. The highest BCUT2D eigenvalue weighted by atomic mass is 79.9. The van der Waals surface area contributed by atoms with Gasteiger partial charge in [-0.1, -0.05) is 29.8 Å². The molecular weight excluding hydrogens is 380 g/mol. The Bertz CT molecular complexity index is 913. The minimum absolute atomic E-state index is 0.325. The summed E-state index contributed by atoms with van der Waals surface area (Å²) in [6.45, 7) is 0. The van der Waals surface area contributed by atoms with Gasteiger partial charge >= 0.3 is 0 Å². The van der Waals surface area contributed by atoms with Crippen LogP contribution in [-0.4, -0.2) is 22.1 Å². The van der Waals surface area contributed by atoms with Crippen LogP contribution in [0.2, 0.25) is 5.15 Å². The van der Waals surface area contributed by atoms with Crippen LogP contribution in [-0.2, 0) is 0 Å². The second kappa shape index (κ2) is 6.85. The maximum Gasteiger partial charge on any atom is 0.272 e. The zero-order valence-electron chi connectivity index (χ0n) is 11.7. The van der Waals surface area contributed by atoms with E-state index in [1.54, 1.807) is 12.3 Å². The van der Waals surface area contributed by atoms with Gasteiger partial charge in [-0.05, 0) is 34.1 Å². The number of benzene rings is 1. The minimum Gasteiger partial charge on any atom is -0.267 e. The molecule has 1 amide bonds. The van der Waals surface area contributed by atoms with Crippen molar-refractivity contribution in [2.45, 2.75) is 0 Å². The van der Waals surface area contributed by atoms with Gasteiger partial charge in [0, 0.05) is 27.8 Å². The number of hydrogen-bond acceptors (Lipinski definition) is 4. The van der Waals surface area contributed by atoms with Crippen molar-refractivity contribution in [1.29, 1.82) is 0 Å². The first kappa shape index (κ1) is 15.6. The standard InChI is InChI=1S/C16H10BrClN4O/c17-13-6-12(7-19-9-13)16(23)22-20-8-11-5-10-3-1-2-4-14(10)21-15(11)18/h1-9H,(H,22,23)/b20-8-. The largest absolute Gasteiger partial charge is 0.272 e. The number of nitrogens with zero attached hydrogens (tertiary/aromatic N) is 3. The third kappa shape index (κ3) is 3.72. The number of carbonyl (C=O) groups is 1. The number of hydrogen-bond donors (Lipinski definition) is 1. The fourth-order valence-corrected chi connectivity index (χ4v) is 2.52. The molecule has 114 valence electrons. The molecule has 3 rings (SSSR count). The first-order valence-corrected chi connectivity index (χ1v) is 7.80. The van der Waals surface area contributed by atoms with Gasteiger partial charge in [0.15, 0.2) is 0 Å². The Labute approximate surface area is 145 Å². The number of hydrazone groups is 1. The number of aromatic nitrogens is 2. The van der Waals surface area contributed by atoms with Crippen molar-refractivity contribution in [3.8, 4) is 0 Å². The van der Waals surface area contributed by atoms with Crippen molar-refractivity contribution in [3.63, 3.8) is 0 Å². The Morgan fingerprint density at radius 2 is 2.09 bits per heavy atom. The van der Waals surface area contributed by atoms with Crippen LogP contribution in [0.15, 0.2) is 58.4 Å². The van der Waals surface area contributed by atoms with Crippen molar-refractivity contribution < 1.29 is 4.79 Å². The maximum absolute atomic E-state index is 12.0. The number of pyridine rings is 2. The van der Waals surface area contributed by atoms with Gasteiger partial charge in [-0.2, -0.15) is 5.10 Å². The molecule has 0 radical (unpaired) electrons. The van der Waals surface area contributed by atoms with E-state index in [0.29, 0.717) is 16.3 Å². The van der Waals surface area contributed by atoms with Gasteiger partial charge in [0.25, 0.3) is 5.91 Å². The quantitative estimate of drug-likeness (QED) is 0.421. The fourth-order valence-electron chi connectivity index (χ4n) is 1.96. The first-order valence-electron chi connectivity index (χ1n) is 6.63. The lowest BCUT2D eigenvalue weighted by Crippen LogP contribution is -2.17. The summed E-state index contributed by atoms with van der Waals surface area (Å²) in [5.41, 5.74) is 4.26. The zero-order valence-corrected chi connectivity index (χ0v) is 14.0. The van der Waals surface area contributed by atoms with Gasteiger partial charge in [0.1, 0.15) is 5.15 Å². The molecule has 0 atom stereocenters. The number of rotatable bonds is 3. The van der Waals surface area contributed by atoms with Gasteiger partial charge in [-0.15, -0.1) is 0 Å². The van der Waals surface area contributed by atoms with Crippen LogP contribution in [0.1, 0.15) is 15.9 Å². The predicted molar refractivity (Wildman–Crippen MR) is 93.8 cm³/mol. The topological polar surface area (TPSA) is 67.2 Å². The number of para-hydroxylation sites is 1. The number of fused-ring (bicyclic) bond motifs is 1. The molecule has 0 unspecified atom stereocenters. The fraction of sp³-hybridized carbons (Fsp3) is 0. The lowest BCUT2D eigenvalue weighted by atomic mass is 10.2. The van der Waals surface area contributed by atoms with Crippen LogP contribution < -0.4 is 5.43 Å². The Kier molecular flexibility index (Phi) is 4.64. The zero-order chi connectivity index (χ0) is 16.2. The Hall–Kier alpha value is -2.31. The number of amides is 1. The van der Waals surface area contributed by atoms with Crippen LogP contribution in [0.3, 0.4) is 0 Å². The van der Waals surface area contributed by atoms with Crippen molar-refractivity contribution in [2.75, 3.05) is 0 Å². The van der Waals surface area contributed by atoms with Crippen LogP contribution in [0.25, 0.3) is 10.9 Å². The third-order valence-electron chi connectivity index (χ3n) is 3.04. The van der Waals surface area contributed by atoms with Crippen LogP contribution in [0.5, 0.6) is 0 Å². The van der Waals surface area contributed by atoms with Crippen LogP contribution >= 0.6 is 27.5 Å². The van der Waals surface area contributed by atoms with Gasteiger partial charge in [0.2, 0.25) is 0 Å². The average molecular weight is 390 g/mol. The second-order valence-electron chi connectivity index (χ2n) is 4.65. The van der Waals surface area contributed by atoms with E-state index in [4.69, 9.17) is 11.6 Å². The minimum atomic E-state index is -0.361. The van der Waals surface area contributed by atoms with E-state index in [-0.39, 0.29) is 5.91 Å². The molecule has 23 heavy (non-hydrogen) atoms. The van der Waals surface area contributed by atoms with Gasteiger partial charge < -0.3 is 0 Å². The predicted octanol–water partition coefficient (Wildman–Crippen LogP) is 3.81. The summed E-state index contributed by atoms with van der Waals surface area (Å²) < 4.78 is 0.718. The summed E-state index contributed by atoms with van der Waals surface area (Å²) in [6.07, 6.45) is 4.52. The van der Waals surface area contributed by atoms with Crippen molar-refractivity contribution >= 4 is 50.6 Å². The SMILES string of the molecule is O=C(N/N=C\c1cc2ccccc2nc1Cl)c1cncc(Br)c1. The average Bonchev–Trinajstić information content (AvgIpc) is 2.55. The molecule has 0 bridgehead atoms. The molecule has 2 heterocycles. The Morgan fingerprint density at radius 1 is 1.26 bits per heavy atom. The molecule has 0 spiro atoms. The number of nitrogens with one attached hydrogen (secondary N) is 1. The molecule has 5 nitrogen and oxygen atoms in total. The molecular formula is C16H10BrClN4O. The summed E-state index contributed by atoms with van der Waals surface area (Å²) in [5, 5.41) is 5.19. The number of carbonyl (C=O) groups excluding carboxylic acids is 1. The van der Waals surface area contributed by atoms with Gasteiger partial charge in [-0.25, -0.2) is 10.4 Å². The van der Waals surface area contributed by atoms with E-state index < -0.39 is 0 Å². The molecule has 3 aromatic rings. The van der Waals surface area contributed by atoms with Crippen LogP contribution in [0.4, 0.5) is 0 Å².